The van der Waals surface area contributed by atoms with E-state index in [2.05, 4.69) is 10.6 Å². The van der Waals surface area contributed by atoms with Crippen molar-refractivity contribution in [3.8, 4) is 5.75 Å². The molecule has 0 radical (unpaired) electrons. The van der Waals surface area contributed by atoms with Gasteiger partial charge in [0.15, 0.2) is 6.61 Å². The number of carbonyl (C=O) groups is 2. The van der Waals surface area contributed by atoms with Crippen molar-refractivity contribution in [2.75, 3.05) is 30.0 Å². The second kappa shape index (κ2) is 7.16. The Morgan fingerprint density at radius 1 is 1.45 bits per heavy atom. The number of nitrogens with one attached hydrogen (secondary N) is 2. The van der Waals surface area contributed by atoms with E-state index in [4.69, 9.17) is 9.84 Å². The SMILES string of the molecule is O=C(O)COc1ccccc1NC(=O)C1CSCCN1. The molecular weight excluding hydrogens is 280 g/mol. The van der Waals surface area contributed by atoms with Crippen molar-refractivity contribution in [1.29, 1.82) is 0 Å². The third-order valence-electron chi connectivity index (χ3n) is 2.73. The van der Waals surface area contributed by atoms with Crippen molar-refractivity contribution in [2.45, 2.75) is 6.04 Å². The van der Waals surface area contributed by atoms with Gasteiger partial charge in [-0.2, -0.15) is 11.8 Å². The van der Waals surface area contributed by atoms with Crippen molar-refractivity contribution in [2.24, 2.45) is 0 Å². The Morgan fingerprint density at radius 2 is 2.25 bits per heavy atom. The third-order valence-corrected chi connectivity index (χ3v) is 3.80. The molecule has 1 atom stereocenters. The standard InChI is InChI=1S/C13H16N2O4S/c16-12(17)7-19-11-4-2-1-3-9(11)15-13(18)10-8-20-6-5-14-10/h1-4,10,14H,5-8H2,(H,15,18)(H,16,17). The molecular formula is C13H16N2O4S. The molecule has 0 bridgehead atoms. The zero-order chi connectivity index (χ0) is 14.4. The predicted octanol–water partition coefficient (Wildman–Crippen LogP) is 0.793. The zero-order valence-electron chi connectivity index (χ0n) is 10.8. The molecule has 3 N–H and O–H groups in total. The van der Waals surface area contributed by atoms with E-state index in [1.54, 1.807) is 36.0 Å². The number of ether oxygens (including phenoxy) is 1. The summed E-state index contributed by atoms with van der Waals surface area (Å²) >= 11 is 1.73. The molecule has 1 aromatic carbocycles. The van der Waals surface area contributed by atoms with Crippen LogP contribution in [0.5, 0.6) is 5.75 Å². The van der Waals surface area contributed by atoms with Gasteiger partial charge < -0.3 is 20.5 Å². The predicted molar refractivity (Wildman–Crippen MR) is 77.3 cm³/mol. The smallest absolute Gasteiger partial charge is 0.341 e. The monoisotopic (exact) mass is 296 g/mol. The van der Waals surface area contributed by atoms with Crippen LogP contribution in [0, 0.1) is 0 Å². The number of aliphatic carboxylic acids is 1. The fourth-order valence-electron chi connectivity index (χ4n) is 1.79. The number of rotatable bonds is 5. The number of benzene rings is 1. The van der Waals surface area contributed by atoms with Crippen LogP contribution < -0.4 is 15.4 Å². The van der Waals surface area contributed by atoms with E-state index in [-0.39, 0.29) is 11.9 Å². The Labute approximate surface area is 120 Å². The van der Waals surface area contributed by atoms with E-state index in [0.717, 1.165) is 18.1 Å². The Morgan fingerprint density at radius 3 is 2.95 bits per heavy atom. The van der Waals surface area contributed by atoms with Crippen LogP contribution in [0.4, 0.5) is 5.69 Å². The molecule has 1 aliphatic rings. The highest BCUT2D eigenvalue weighted by Gasteiger charge is 2.21. The van der Waals surface area contributed by atoms with Crippen LogP contribution in [0.15, 0.2) is 24.3 Å². The molecule has 0 spiro atoms. The number of carbonyl (C=O) groups excluding carboxylic acids is 1. The number of carboxylic acid groups (broad SMARTS) is 1. The maximum Gasteiger partial charge on any atom is 0.341 e. The Bertz CT molecular complexity index is 489. The van der Waals surface area contributed by atoms with Gasteiger partial charge in [0.25, 0.3) is 0 Å². The molecule has 1 aromatic rings. The molecule has 1 heterocycles. The van der Waals surface area contributed by atoms with Gasteiger partial charge >= 0.3 is 5.97 Å². The van der Waals surface area contributed by atoms with Crippen LogP contribution in [-0.4, -0.2) is 47.7 Å². The van der Waals surface area contributed by atoms with Gasteiger partial charge in [-0.25, -0.2) is 4.79 Å². The van der Waals surface area contributed by atoms with Crippen LogP contribution in [0.1, 0.15) is 0 Å². The first kappa shape index (κ1) is 14.7. The summed E-state index contributed by atoms with van der Waals surface area (Å²) in [6.07, 6.45) is 0. The highest BCUT2D eigenvalue weighted by atomic mass is 32.2. The lowest BCUT2D eigenvalue weighted by molar-refractivity contribution is -0.139. The summed E-state index contributed by atoms with van der Waals surface area (Å²) in [6.45, 7) is 0.365. The molecule has 1 fully saturated rings. The highest BCUT2D eigenvalue weighted by Crippen LogP contribution is 2.24. The Kier molecular flexibility index (Phi) is 5.25. The molecule has 1 amide bonds. The maximum absolute atomic E-state index is 12.1. The highest BCUT2D eigenvalue weighted by molar-refractivity contribution is 7.99. The van der Waals surface area contributed by atoms with E-state index >= 15 is 0 Å². The molecule has 0 saturated carbocycles. The van der Waals surface area contributed by atoms with Gasteiger partial charge in [-0.15, -0.1) is 0 Å². The van der Waals surface area contributed by atoms with Crippen molar-refractivity contribution in [3.63, 3.8) is 0 Å². The minimum absolute atomic E-state index is 0.136. The van der Waals surface area contributed by atoms with Crippen molar-refractivity contribution < 1.29 is 19.4 Å². The quantitative estimate of drug-likeness (QED) is 0.745. The van der Waals surface area contributed by atoms with Gasteiger partial charge in [-0.05, 0) is 12.1 Å². The van der Waals surface area contributed by atoms with Gasteiger partial charge in [0.05, 0.1) is 11.7 Å². The number of thioether (sulfide) groups is 1. The summed E-state index contributed by atoms with van der Waals surface area (Å²) < 4.78 is 5.15. The van der Waals surface area contributed by atoms with Crippen molar-refractivity contribution >= 4 is 29.3 Å². The maximum atomic E-state index is 12.1. The van der Waals surface area contributed by atoms with Crippen molar-refractivity contribution in [3.05, 3.63) is 24.3 Å². The molecule has 0 aliphatic carbocycles. The molecule has 6 nitrogen and oxygen atoms in total. The lowest BCUT2D eigenvalue weighted by atomic mass is 10.2. The summed E-state index contributed by atoms with van der Waals surface area (Å²) in [6, 6.07) is 6.56. The van der Waals surface area contributed by atoms with Gasteiger partial charge in [0.2, 0.25) is 5.91 Å². The summed E-state index contributed by atoms with van der Waals surface area (Å²) in [4.78, 5) is 22.6. The van der Waals surface area contributed by atoms with Crippen LogP contribution in [0.3, 0.4) is 0 Å². The normalized spacial score (nSPS) is 18.3. The second-order valence-corrected chi connectivity index (χ2v) is 5.40. The molecule has 2 rings (SSSR count). The first-order chi connectivity index (χ1) is 9.66. The molecule has 1 unspecified atom stereocenters. The summed E-state index contributed by atoms with van der Waals surface area (Å²) in [5.74, 6) is 0.887. The first-order valence-corrected chi connectivity index (χ1v) is 7.38. The average molecular weight is 296 g/mol. The number of hydrogen-bond acceptors (Lipinski definition) is 5. The number of para-hydroxylation sites is 2. The van der Waals surface area contributed by atoms with E-state index in [9.17, 15) is 9.59 Å². The summed E-state index contributed by atoms with van der Waals surface area (Å²) in [5.41, 5.74) is 0.483. The summed E-state index contributed by atoms with van der Waals surface area (Å²) in [7, 11) is 0. The van der Waals surface area contributed by atoms with Crippen LogP contribution in [-0.2, 0) is 9.59 Å². The van der Waals surface area contributed by atoms with Crippen LogP contribution in [0.25, 0.3) is 0 Å². The third kappa shape index (κ3) is 4.14. The largest absolute Gasteiger partial charge is 0.480 e. The second-order valence-electron chi connectivity index (χ2n) is 4.25. The van der Waals surface area contributed by atoms with E-state index in [1.165, 1.54) is 0 Å². The average Bonchev–Trinajstić information content (AvgIpc) is 2.47. The Balaban J connectivity index is 2.00. The van der Waals surface area contributed by atoms with Gasteiger partial charge in [-0.3, -0.25) is 4.79 Å². The lowest BCUT2D eigenvalue weighted by Crippen LogP contribution is -2.46. The minimum atomic E-state index is -1.06. The molecule has 0 aromatic heterocycles. The van der Waals surface area contributed by atoms with Crippen molar-refractivity contribution in [1.82, 2.24) is 5.32 Å². The number of hydrogen-bond donors (Lipinski definition) is 3. The minimum Gasteiger partial charge on any atom is -0.480 e. The van der Waals surface area contributed by atoms with Crippen LogP contribution in [0.2, 0.25) is 0 Å². The Hall–Kier alpha value is -1.73. The number of carboxylic acids is 1. The van der Waals surface area contributed by atoms with E-state index in [1.807, 2.05) is 0 Å². The van der Waals surface area contributed by atoms with E-state index < -0.39 is 12.6 Å². The molecule has 20 heavy (non-hydrogen) atoms. The molecule has 1 saturated heterocycles. The van der Waals surface area contributed by atoms with Gasteiger partial charge in [0.1, 0.15) is 5.75 Å². The summed E-state index contributed by atoms with van der Waals surface area (Å²) in [5, 5.41) is 14.5. The number of amides is 1. The molecule has 1 aliphatic heterocycles. The molecule has 108 valence electrons. The first-order valence-electron chi connectivity index (χ1n) is 6.22. The fraction of sp³-hybridized carbons (Fsp3) is 0.385. The fourth-order valence-corrected chi connectivity index (χ4v) is 2.72. The topological polar surface area (TPSA) is 87.7 Å². The van der Waals surface area contributed by atoms with E-state index in [0.29, 0.717) is 11.4 Å². The molecule has 7 heteroatoms. The van der Waals surface area contributed by atoms with Gasteiger partial charge in [0, 0.05) is 18.1 Å². The van der Waals surface area contributed by atoms with Crippen LogP contribution >= 0.6 is 11.8 Å². The zero-order valence-corrected chi connectivity index (χ0v) is 11.6. The number of anilines is 1. The van der Waals surface area contributed by atoms with Gasteiger partial charge in [-0.1, -0.05) is 12.1 Å². The lowest BCUT2D eigenvalue weighted by Gasteiger charge is -2.22.